The summed E-state index contributed by atoms with van der Waals surface area (Å²) in [6.45, 7) is 10.8. The number of allylic oxidation sites excluding steroid dienone is 4. The highest BCUT2D eigenvalue weighted by Gasteiger charge is 2.35. The first-order chi connectivity index (χ1) is 19.2. The van der Waals surface area contributed by atoms with Gasteiger partial charge in [-0.1, -0.05) is 31.3 Å². The molecule has 0 unspecified atom stereocenters. The van der Waals surface area contributed by atoms with Crippen molar-refractivity contribution in [2.24, 2.45) is 5.41 Å². The molecule has 1 aliphatic heterocycles. The molecule has 4 amide bonds. The maximum atomic E-state index is 11.9. The Balaban J connectivity index is 1.57. The fourth-order valence-corrected chi connectivity index (χ4v) is 7.16. The number of carbonyl (C=O) groups excluding carboxylic acids is 2. The number of amides is 4. The van der Waals surface area contributed by atoms with Crippen LogP contribution in [0.5, 0.6) is 0 Å². The molecule has 4 N–H and O–H groups in total. The quantitative estimate of drug-likeness (QED) is 0.279. The zero-order valence-corrected chi connectivity index (χ0v) is 25.0. The van der Waals surface area contributed by atoms with Crippen molar-refractivity contribution in [2.45, 2.75) is 53.5 Å². The van der Waals surface area contributed by atoms with Gasteiger partial charge in [-0.05, 0) is 73.6 Å². The molecule has 9 heteroatoms. The van der Waals surface area contributed by atoms with Crippen LogP contribution in [-0.2, 0) is 13.0 Å². The molecule has 5 rings (SSSR count). The molecule has 2 aliphatic rings. The van der Waals surface area contributed by atoms with Crippen molar-refractivity contribution in [1.82, 2.24) is 10.6 Å². The van der Waals surface area contributed by atoms with Crippen LogP contribution >= 0.6 is 11.3 Å². The van der Waals surface area contributed by atoms with Crippen molar-refractivity contribution in [3.63, 3.8) is 0 Å². The molecule has 0 radical (unpaired) electrons. The summed E-state index contributed by atoms with van der Waals surface area (Å²) in [5, 5.41) is 12.3. The Morgan fingerprint density at radius 2 is 1.65 bits per heavy atom. The minimum atomic E-state index is -0.222. The van der Waals surface area contributed by atoms with E-state index in [-0.39, 0.29) is 17.5 Å². The van der Waals surface area contributed by atoms with Gasteiger partial charge in [-0.15, -0.1) is 0 Å². The monoisotopic (exact) mass is 559 g/mol. The van der Waals surface area contributed by atoms with Crippen LogP contribution in [0, 0.1) is 5.41 Å². The van der Waals surface area contributed by atoms with Gasteiger partial charge in [0.1, 0.15) is 11.2 Å². The van der Waals surface area contributed by atoms with E-state index in [2.05, 4.69) is 88.8 Å². The van der Waals surface area contributed by atoms with Gasteiger partial charge in [0, 0.05) is 61.5 Å². The molecule has 0 saturated heterocycles. The molecular formula is C31H39N6O2S+. The van der Waals surface area contributed by atoms with Gasteiger partial charge in [-0.3, -0.25) is 0 Å². The Kier molecular flexibility index (Phi) is 7.59. The van der Waals surface area contributed by atoms with Crippen molar-refractivity contribution in [3.8, 4) is 0 Å². The van der Waals surface area contributed by atoms with Crippen LogP contribution in [0.4, 0.5) is 26.7 Å². The maximum absolute atomic E-state index is 11.9. The van der Waals surface area contributed by atoms with Gasteiger partial charge in [0.05, 0.1) is 0 Å². The number of nitrogens with one attached hydrogen (secondary N) is 4. The molecule has 3 aromatic rings. The molecule has 2 aromatic carbocycles. The van der Waals surface area contributed by atoms with Crippen LogP contribution in [-0.4, -0.2) is 32.7 Å². The summed E-state index contributed by atoms with van der Waals surface area (Å²) in [4.78, 5) is 26.2. The highest BCUT2D eigenvalue weighted by Crippen LogP contribution is 2.47. The normalized spacial score (nSPS) is 17.9. The fourth-order valence-electron chi connectivity index (χ4n) is 5.94. The minimum Gasteiger partial charge on any atom is -0.344 e. The first-order valence-corrected chi connectivity index (χ1v) is 14.7. The number of hydrogen-bond acceptors (Lipinski definition) is 4. The molecule has 0 fully saturated rings. The lowest BCUT2D eigenvalue weighted by Crippen LogP contribution is -2.36. The van der Waals surface area contributed by atoms with E-state index in [0.717, 1.165) is 49.2 Å². The van der Waals surface area contributed by atoms with Gasteiger partial charge in [0.2, 0.25) is 5.52 Å². The topological polar surface area (TPSA) is 89.4 Å². The van der Waals surface area contributed by atoms with Gasteiger partial charge in [0.15, 0.2) is 0 Å². The molecule has 8 nitrogen and oxygen atoms in total. The van der Waals surface area contributed by atoms with E-state index in [1.807, 2.05) is 23.5 Å². The number of benzene rings is 2. The van der Waals surface area contributed by atoms with Crippen LogP contribution in [0.2, 0.25) is 0 Å². The van der Waals surface area contributed by atoms with Crippen molar-refractivity contribution in [3.05, 3.63) is 64.3 Å². The predicted octanol–water partition coefficient (Wildman–Crippen LogP) is 6.25. The molecule has 2 heterocycles. The average Bonchev–Trinajstić information content (AvgIpc) is 3.49. The van der Waals surface area contributed by atoms with E-state index in [0.29, 0.717) is 0 Å². The van der Waals surface area contributed by atoms with Crippen LogP contribution in [0.25, 0.3) is 15.8 Å². The Bertz CT molecular complexity index is 1550. The third-order valence-electron chi connectivity index (χ3n) is 7.70. The smallest absolute Gasteiger partial charge is 0.318 e. The van der Waals surface area contributed by atoms with Gasteiger partial charge < -0.3 is 26.2 Å². The molecule has 1 aliphatic carbocycles. The lowest BCUT2D eigenvalue weighted by atomic mass is 9.74. The van der Waals surface area contributed by atoms with Crippen molar-refractivity contribution >= 4 is 56.3 Å². The minimum absolute atomic E-state index is 0.111. The highest BCUT2D eigenvalue weighted by atomic mass is 32.1. The van der Waals surface area contributed by atoms with E-state index < -0.39 is 0 Å². The van der Waals surface area contributed by atoms with Crippen LogP contribution in [0.15, 0.2) is 53.7 Å². The highest BCUT2D eigenvalue weighted by molar-refractivity contribution is 7.19. The van der Waals surface area contributed by atoms with Crippen molar-refractivity contribution in [2.75, 3.05) is 36.2 Å². The van der Waals surface area contributed by atoms with Crippen LogP contribution in [0.3, 0.4) is 0 Å². The summed E-state index contributed by atoms with van der Waals surface area (Å²) < 4.78 is 3.58. The molecule has 40 heavy (non-hydrogen) atoms. The predicted molar refractivity (Wildman–Crippen MR) is 165 cm³/mol. The number of fused-ring (bicyclic) bond motifs is 2. The molecule has 1 aromatic heterocycles. The number of carbonyl (C=O) groups is 2. The number of urea groups is 2. The fraction of sp³-hybridized carbons (Fsp3) is 0.387. The Morgan fingerprint density at radius 1 is 0.975 bits per heavy atom. The second-order valence-electron chi connectivity index (χ2n) is 11.2. The van der Waals surface area contributed by atoms with E-state index in [1.165, 1.54) is 37.8 Å². The number of hydrogen-bond donors (Lipinski definition) is 4. The lowest BCUT2D eigenvalue weighted by molar-refractivity contribution is -0.665. The number of thiazole rings is 1. The Hall–Kier alpha value is -3.85. The second-order valence-corrected chi connectivity index (χ2v) is 12.2. The summed E-state index contributed by atoms with van der Waals surface area (Å²) in [6, 6.07) is 11.9. The maximum Gasteiger partial charge on any atom is 0.318 e. The molecule has 0 spiro atoms. The Labute approximate surface area is 240 Å². The molecule has 0 atom stereocenters. The van der Waals surface area contributed by atoms with Gasteiger partial charge in [-0.2, -0.15) is 4.57 Å². The number of anilines is 3. The van der Waals surface area contributed by atoms with E-state index in [4.69, 9.17) is 0 Å². The summed E-state index contributed by atoms with van der Waals surface area (Å²) in [7, 11) is 3.24. The van der Waals surface area contributed by atoms with Gasteiger partial charge >= 0.3 is 12.1 Å². The van der Waals surface area contributed by atoms with E-state index in [9.17, 15) is 9.59 Å². The zero-order valence-electron chi connectivity index (χ0n) is 24.2. The zero-order chi connectivity index (χ0) is 28.6. The first-order valence-electron chi connectivity index (χ1n) is 13.9. The van der Waals surface area contributed by atoms with Gasteiger partial charge in [-0.25, -0.2) is 9.59 Å². The third kappa shape index (κ3) is 5.30. The Morgan fingerprint density at radius 3 is 2.30 bits per heavy atom. The summed E-state index contributed by atoms with van der Waals surface area (Å²) in [5.74, 6) is 0. The standard InChI is InChI=1S/C31H38N6O2S/c1-7-36-24(14-19-9-10-22(15-25(19)36)34-29(38)32-5)20-13-21(18-31(3,4)17-20)28-37(8-2)26-16-23(35-30(39)33-6)11-12-27(26)40-28/h9-13,15-16H,7-8,14,17-18H2,1-6H3,(H3-,32,33,34,35,38,39)/p+1. The number of aryl methyl sites for hydroxylation is 1. The van der Waals surface area contributed by atoms with Crippen LogP contribution in [0.1, 0.15) is 51.1 Å². The van der Waals surface area contributed by atoms with E-state index >= 15 is 0 Å². The SMILES string of the molecule is CCN1/C(=C2\C=C(c3sc4ccc(NC(=O)NC)cc4[n+]3CC)CC(C)(C)C2)Cc2ccc(NC(=O)NC)cc21. The van der Waals surface area contributed by atoms with Crippen molar-refractivity contribution < 1.29 is 14.2 Å². The summed E-state index contributed by atoms with van der Waals surface area (Å²) in [5.41, 5.74) is 9.36. The largest absolute Gasteiger partial charge is 0.344 e. The van der Waals surface area contributed by atoms with Crippen LogP contribution < -0.4 is 30.7 Å². The van der Waals surface area contributed by atoms with E-state index in [1.54, 1.807) is 14.1 Å². The average molecular weight is 560 g/mol. The third-order valence-corrected chi connectivity index (χ3v) is 8.94. The van der Waals surface area contributed by atoms with Gasteiger partial charge in [0.25, 0.3) is 5.01 Å². The molecule has 0 saturated carbocycles. The number of aromatic nitrogens is 1. The molecule has 0 bridgehead atoms. The molecular weight excluding hydrogens is 520 g/mol. The number of likely N-dealkylation sites (N-methyl/N-ethyl adjacent to an activating group) is 1. The summed E-state index contributed by atoms with van der Waals surface area (Å²) >= 11 is 1.82. The molecule has 210 valence electrons. The number of rotatable bonds is 5. The second kappa shape index (κ2) is 11.0. The first kappa shape index (κ1) is 27.7. The summed E-state index contributed by atoms with van der Waals surface area (Å²) in [6.07, 6.45) is 5.32. The van der Waals surface area contributed by atoms with Crippen molar-refractivity contribution in [1.29, 1.82) is 0 Å². The number of nitrogens with zero attached hydrogens (tertiary/aromatic N) is 2. The lowest BCUT2D eigenvalue weighted by Gasteiger charge is -2.33.